The number of rotatable bonds is 5. The van der Waals surface area contributed by atoms with E-state index in [1.54, 1.807) is 7.05 Å². The van der Waals surface area contributed by atoms with E-state index in [0.717, 1.165) is 19.4 Å². The van der Waals surface area contributed by atoms with Crippen LogP contribution >= 0.6 is 0 Å². The Hall–Kier alpha value is -1.15. The van der Waals surface area contributed by atoms with Crippen molar-refractivity contribution in [3.63, 3.8) is 0 Å². The number of hydrogen-bond acceptors (Lipinski definition) is 5. The van der Waals surface area contributed by atoms with Gasteiger partial charge in [-0.25, -0.2) is 8.42 Å². The van der Waals surface area contributed by atoms with E-state index in [1.807, 2.05) is 0 Å². The molecule has 2 amide bonds. The highest BCUT2D eigenvalue weighted by Crippen LogP contribution is 2.40. The van der Waals surface area contributed by atoms with Crippen LogP contribution in [0.5, 0.6) is 0 Å². The van der Waals surface area contributed by atoms with Crippen molar-refractivity contribution >= 4 is 21.7 Å². The van der Waals surface area contributed by atoms with Crippen molar-refractivity contribution < 1.29 is 22.7 Å². The van der Waals surface area contributed by atoms with Gasteiger partial charge in [0.2, 0.25) is 11.8 Å². The fraction of sp³-hybridized carbons (Fsp3) is 0.867. The number of amides is 2. The third-order valence-electron chi connectivity index (χ3n) is 5.08. The SMILES string of the molecule is CN(C(=O)C1CC1C(=O)NCC1CCCO1)C1CCS(=O)(=O)C1. The first kappa shape index (κ1) is 16.7. The molecule has 7 nitrogen and oxygen atoms in total. The highest BCUT2D eigenvalue weighted by Gasteiger charge is 2.50. The third-order valence-corrected chi connectivity index (χ3v) is 6.83. The zero-order chi connectivity index (χ0) is 16.6. The van der Waals surface area contributed by atoms with Gasteiger partial charge in [-0.05, 0) is 25.7 Å². The van der Waals surface area contributed by atoms with E-state index >= 15 is 0 Å². The second-order valence-corrected chi connectivity index (χ2v) is 9.06. The largest absolute Gasteiger partial charge is 0.376 e. The van der Waals surface area contributed by atoms with Crippen LogP contribution in [0, 0.1) is 11.8 Å². The monoisotopic (exact) mass is 344 g/mol. The Morgan fingerprint density at radius 2 is 2.04 bits per heavy atom. The van der Waals surface area contributed by atoms with E-state index in [1.165, 1.54) is 4.90 Å². The molecule has 0 aromatic heterocycles. The minimum Gasteiger partial charge on any atom is -0.376 e. The lowest BCUT2D eigenvalue weighted by Gasteiger charge is -2.23. The lowest BCUT2D eigenvalue weighted by molar-refractivity contribution is -0.135. The average Bonchev–Trinajstić information content (AvgIpc) is 2.97. The van der Waals surface area contributed by atoms with Crippen LogP contribution in [0.4, 0.5) is 0 Å². The lowest BCUT2D eigenvalue weighted by Crippen LogP contribution is -2.40. The first-order chi connectivity index (χ1) is 10.9. The van der Waals surface area contributed by atoms with E-state index < -0.39 is 9.84 Å². The summed E-state index contributed by atoms with van der Waals surface area (Å²) in [6.07, 6.45) is 3.14. The van der Waals surface area contributed by atoms with Gasteiger partial charge in [-0.15, -0.1) is 0 Å². The van der Waals surface area contributed by atoms with Crippen molar-refractivity contribution in [3.05, 3.63) is 0 Å². The summed E-state index contributed by atoms with van der Waals surface area (Å²) in [7, 11) is -1.37. The standard InChI is InChI=1S/C15H24N2O5S/c1-17(10-4-6-23(20,21)9-10)15(19)13-7-12(13)14(18)16-8-11-3-2-5-22-11/h10-13H,2-9H2,1H3,(H,16,18). The van der Waals surface area contributed by atoms with Crippen molar-refractivity contribution in [2.75, 3.05) is 31.7 Å². The van der Waals surface area contributed by atoms with Crippen LogP contribution in [-0.2, 0) is 24.2 Å². The van der Waals surface area contributed by atoms with Gasteiger partial charge in [0.15, 0.2) is 9.84 Å². The molecule has 0 bridgehead atoms. The number of hydrogen-bond donors (Lipinski definition) is 1. The van der Waals surface area contributed by atoms with Crippen LogP contribution in [0.25, 0.3) is 0 Å². The number of carbonyl (C=O) groups excluding carboxylic acids is 2. The molecule has 8 heteroatoms. The number of nitrogens with zero attached hydrogens (tertiary/aromatic N) is 1. The number of carbonyl (C=O) groups is 2. The molecular weight excluding hydrogens is 320 g/mol. The van der Waals surface area contributed by atoms with Crippen molar-refractivity contribution in [2.24, 2.45) is 11.8 Å². The Morgan fingerprint density at radius 1 is 1.26 bits per heavy atom. The zero-order valence-corrected chi connectivity index (χ0v) is 14.2. The van der Waals surface area contributed by atoms with Gasteiger partial charge in [0.05, 0.1) is 29.4 Å². The fourth-order valence-corrected chi connectivity index (χ4v) is 5.21. The van der Waals surface area contributed by atoms with Crippen LogP contribution < -0.4 is 5.32 Å². The van der Waals surface area contributed by atoms with Crippen LogP contribution in [0.15, 0.2) is 0 Å². The van der Waals surface area contributed by atoms with Gasteiger partial charge in [-0.3, -0.25) is 9.59 Å². The summed E-state index contributed by atoms with van der Waals surface area (Å²) < 4.78 is 28.5. The van der Waals surface area contributed by atoms with Gasteiger partial charge >= 0.3 is 0 Å². The molecule has 130 valence electrons. The molecule has 4 atom stereocenters. The molecule has 3 rings (SSSR count). The van der Waals surface area contributed by atoms with E-state index in [-0.39, 0.29) is 47.3 Å². The Labute approximate surface area is 136 Å². The molecule has 2 heterocycles. The molecule has 3 aliphatic rings. The van der Waals surface area contributed by atoms with Gasteiger partial charge in [-0.2, -0.15) is 0 Å². The predicted molar refractivity (Wildman–Crippen MR) is 83.4 cm³/mol. The van der Waals surface area contributed by atoms with Crippen LogP contribution in [0.3, 0.4) is 0 Å². The Balaban J connectivity index is 1.45. The van der Waals surface area contributed by atoms with Gasteiger partial charge in [0.25, 0.3) is 0 Å². The summed E-state index contributed by atoms with van der Waals surface area (Å²) in [6.45, 7) is 1.26. The minimum absolute atomic E-state index is 0.0395. The normalized spacial score (nSPS) is 35.0. The first-order valence-corrected chi connectivity index (χ1v) is 10.1. The smallest absolute Gasteiger partial charge is 0.226 e. The van der Waals surface area contributed by atoms with Crippen LogP contribution in [0.1, 0.15) is 25.7 Å². The molecule has 0 spiro atoms. The van der Waals surface area contributed by atoms with Crippen molar-refractivity contribution in [2.45, 2.75) is 37.8 Å². The van der Waals surface area contributed by atoms with Gasteiger partial charge in [-0.1, -0.05) is 0 Å². The number of ether oxygens (including phenoxy) is 1. The summed E-state index contributed by atoms with van der Waals surface area (Å²) in [6, 6.07) is -0.247. The van der Waals surface area contributed by atoms with Gasteiger partial charge in [0.1, 0.15) is 0 Å². The van der Waals surface area contributed by atoms with E-state index in [0.29, 0.717) is 19.4 Å². The topological polar surface area (TPSA) is 92.8 Å². The fourth-order valence-electron chi connectivity index (χ4n) is 3.43. The molecule has 0 radical (unpaired) electrons. The van der Waals surface area contributed by atoms with Crippen molar-refractivity contribution in [1.82, 2.24) is 10.2 Å². The first-order valence-electron chi connectivity index (χ1n) is 8.24. The zero-order valence-electron chi connectivity index (χ0n) is 13.4. The summed E-state index contributed by atoms with van der Waals surface area (Å²) in [5.74, 6) is -0.587. The second-order valence-electron chi connectivity index (χ2n) is 6.83. The molecule has 3 fully saturated rings. The van der Waals surface area contributed by atoms with E-state index in [9.17, 15) is 18.0 Å². The third kappa shape index (κ3) is 3.85. The number of nitrogens with one attached hydrogen (secondary N) is 1. The maximum Gasteiger partial charge on any atom is 0.226 e. The molecule has 4 unspecified atom stereocenters. The summed E-state index contributed by atoms with van der Waals surface area (Å²) in [4.78, 5) is 26.0. The molecule has 1 aliphatic carbocycles. The van der Waals surface area contributed by atoms with E-state index in [2.05, 4.69) is 5.32 Å². The second kappa shape index (κ2) is 6.39. The summed E-state index contributed by atoms with van der Waals surface area (Å²) in [5, 5.41) is 2.86. The van der Waals surface area contributed by atoms with Gasteiger partial charge < -0.3 is 15.0 Å². The lowest BCUT2D eigenvalue weighted by atomic mass is 10.2. The molecule has 2 aliphatic heterocycles. The highest BCUT2D eigenvalue weighted by molar-refractivity contribution is 7.91. The Kier molecular flexibility index (Phi) is 4.64. The summed E-state index contributed by atoms with van der Waals surface area (Å²) in [5.41, 5.74) is 0. The molecule has 0 aromatic rings. The van der Waals surface area contributed by atoms with Crippen LogP contribution in [-0.4, -0.2) is 69.0 Å². The Morgan fingerprint density at radius 3 is 2.65 bits per heavy atom. The predicted octanol–water partition coefficient (Wildman–Crippen LogP) is -0.437. The van der Waals surface area contributed by atoms with Crippen molar-refractivity contribution in [1.29, 1.82) is 0 Å². The average molecular weight is 344 g/mol. The Bertz CT molecular complexity index is 585. The maximum atomic E-state index is 12.4. The quantitative estimate of drug-likeness (QED) is 0.730. The molecule has 23 heavy (non-hydrogen) atoms. The van der Waals surface area contributed by atoms with Crippen LogP contribution in [0.2, 0.25) is 0 Å². The molecule has 1 saturated carbocycles. The van der Waals surface area contributed by atoms with E-state index in [4.69, 9.17) is 4.74 Å². The molecule has 0 aromatic carbocycles. The molecule has 2 saturated heterocycles. The highest BCUT2D eigenvalue weighted by atomic mass is 32.2. The minimum atomic E-state index is -3.01. The van der Waals surface area contributed by atoms with Gasteiger partial charge in [0, 0.05) is 26.2 Å². The summed E-state index contributed by atoms with van der Waals surface area (Å²) >= 11 is 0. The molecule has 1 N–H and O–H groups in total. The maximum absolute atomic E-state index is 12.4. The number of sulfone groups is 1. The molecular formula is C15H24N2O5S. The van der Waals surface area contributed by atoms with Crippen molar-refractivity contribution in [3.8, 4) is 0 Å².